The predicted octanol–water partition coefficient (Wildman–Crippen LogP) is 1.51. The van der Waals surface area contributed by atoms with Crippen molar-refractivity contribution in [2.75, 3.05) is 19.8 Å². The third-order valence-electron chi connectivity index (χ3n) is 4.90. The highest BCUT2D eigenvalue weighted by atomic mass is 16.8. The molecule has 3 saturated heterocycles. The van der Waals surface area contributed by atoms with Gasteiger partial charge in [-0.3, -0.25) is 0 Å². The number of ether oxygens (including phenoxy) is 4. The van der Waals surface area contributed by atoms with E-state index in [1.165, 1.54) is 0 Å². The highest BCUT2D eigenvalue weighted by Crippen LogP contribution is 2.44. The van der Waals surface area contributed by atoms with Crippen LogP contribution in [0, 0.1) is 6.57 Å². The van der Waals surface area contributed by atoms with Crippen LogP contribution >= 0.6 is 0 Å². The molecule has 0 spiro atoms. The Morgan fingerprint density at radius 2 is 2.05 bits per heavy atom. The number of fused-ring (bicyclic) bond motifs is 1. The van der Waals surface area contributed by atoms with Gasteiger partial charge in [-0.2, -0.15) is 0 Å². The van der Waals surface area contributed by atoms with Gasteiger partial charge in [-0.1, -0.05) is 0 Å². The summed E-state index contributed by atoms with van der Waals surface area (Å²) in [6.45, 7) is 11.6. The van der Waals surface area contributed by atoms with E-state index < -0.39 is 11.4 Å². The topological polar surface area (TPSA) is 61.5 Å². The molecule has 0 aromatic carbocycles. The summed E-state index contributed by atoms with van der Waals surface area (Å²) < 4.78 is 23.8. The molecule has 0 radical (unpaired) electrons. The molecule has 22 heavy (non-hydrogen) atoms. The second kappa shape index (κ2) is 6.06. The lowest BCUT2D eigenvalue weighted by Crippen LogP contribution is -2.51. The molecular formula is C16H25NO5. The Hall–Kier alpha value is -0.710. The minimum Gasteiger partial charge on any atom is -0.393 e. The Balaban J connectivity index is 1.66. The molecule has 1 N–H and O–H groups in total. The average molecular weight is 311 g/mol. The third-order valence-corrected chi connectivity index (χ3v) is 4.90. The molecule has 0 bridgehead atoms. The largest absolute Gasteiger partial charge is 0.393 e. The first kappa shape index (κ1) is 16.2. The van der Waals surface area contributed by atoms with Crippen molar-refractivity contribution in [3.05, 3.63) is 11.4 Å². The molecule has 0 amide bonds. The lowest BCUT2D eigenvalue weighted by atomic mass is 9.86. The molecule has 3 aliphatic heterocycles. The molecular weight excluding hydrogens is 286 g/mol. The van der Waals surface area contributed by atoms with Gasteiger partial charge in [0.15, 0.2) is 5.79 Å². The van der Waals surface area contributed by atoms with Crippen molar-refractivity contribution in [2.24, 2.45) is 0 Å². The van der Waals surface area contributed by atoms with Crippen LogP contribution in [0.15, 0.2) is 0 Å². The summed E-state index contributed by atoms with van der Waals surface area (Å²) in [5.74, 6) is -0.576. The minimum atomic E-state index is -0.647. The van der Waals surface area contributed by atoms with E-state index in [1.807, 2.05) is 13.8 Å². The van der Waals surface area contributed by atoms with Crippen LogP contribution in [0.1, 0.15) is 39.5 Å². The summed E-state index contributed by atoms with van der Waals surface area (Å²) in [6.07, 6.45) is 2.79. The standard InChI is InChI=1S/C16H25NO5/c1-15(2)19-9-13(22-15)12-8-16(10-18)14(20-12)5-4-11(21-16)6-7-17-3/h11-14,18H,4-10H2,1-2H3/t11-,12-,13?,14+,16?/m1/s1. The van der Waals surface area contributed by atoms with Crippen LogP contribution in [-0.4, -0.2) is 60.7 Å². The summed E-state index contributed by atoms with van der Waals surface area (Å²) in [4.78, 5) is 3.40. The maximum atomic E-state index is 9.92. The fraction of sp³-hybridized carbons (Fsp3) is 0.938. The smallest absolute Gasteiger partial charge is 0.217 e. The van der Waals surface area contributed by atoms with Crippen LogP contribution in [-0.2, 0) is 18.9 Å². The van der Waals surface area contributed by atoms with Crippen LogP contribution < -0.4 is 0 Å². The van der Waals surface area contributed by atoms with Crippen LogP contribution in [0.4, 0.5) is 0 Å². The van der Waals surface area contributed by atoms with Gasteiger partial charge in [0.05, 0.1) is 31.5 Å². The zero-order valence-electron chi connectivity index (χ0n) is 13.3. The zero-order chi connectivity index (χ0) is 15.8. The number of aliphatic hydroxyl groups is 1. The number of nitrogens with zero attached hydrogens (tertiary/aromatic N) is 1. The number of hydrogen-bond donors (Lipinski definition) is 1. The number of aliphatic hydroxyl groups excluding tert-OH is 1. The van der Waals surface area contributed by atoms with Crippen molar-refractivity contribution >= 4 is 0 Å². The van der Waals surface area contributed by atoms with E-state index in [0.29, 0.717) is 19.6 Å². The second-order valence-corrected chi connectivity index (χ2v) is 6.94. The molecule has 3 fully saturated rings. The average Bonchev–Trinajstić information content (AvgIpc) is 3.05. The molecule has 0 aliphatic carbocycles. The Labute approximate surface area is 131 Å². The molecule has 6 nitrogen and oxygen atoms in total. The first-order valence-electron chi connectivity index (χ1n) is 8.07. The molecule has 0 aromatic heterocycles. The minimum absolute atomic E-state index is 0.0389. The van der Waals surface area contributed by atoms with Crippen LogP contribution in [0.3, 0.4) is 0 Å². The van der Waals surface area contributed by atoms with E-state index in [2.05, 4.69) is 4.85 Å². The zero-order valence-corrected chi connectivity index (χ0v) is 13.3. The lowest BCUT2D eigenvalue weighted by Gasteiger charge is -2.40. The van der Waals surface area contributed by atoms with Crippen LogP contribution in [0.2, 0.25) is 0 Å². The monoisotopic (exact) mass is 311 g/mol. The third kappa shape index (κ3) is 3.01. The molecule has 0 saturated carbocycles. The lowest BCUT2D eigenvalue weighted by molar-refractivity contribution is -0.186. The molecule has 3 heterocycles. The first-order chi connectivity index (χ1) is 10.5. The Morgan fingerprint density at radius 1 is 1.23 bits per heavy atom. The SMILES string of the molecule is [C-]#[N+]CC[C@H]1CC[C@@H]2O[C@@H](C3COC(C)(C)O3)CC2(CO)O1. The van der Waals surface area contributed by atoms with E-state index in [1.54, 1.807) is 0 Å². The van der Waals surface area contributed by atoms with Crippen molar-refractivity contribution in [3.8, 4) is 0 Å². The highest BCUT2D eigenvalue weighted by molar-refractivity contribution is 5.03. The summed E-state index contributed by atoms with van der Waals surface area (Å²) in [7, 11) is 0. The molecule has 0 aromatic rings. The van der Waals surface area contributed by atoms with Gasteiger partial charge in [0.2, 0.25) is 6.54 Å². The van der Waals surface area contributed by atoms with Crippen molar-refractivity contribution in [1.82, 2.24) is 0 Å². The van der Waals surface area contributed by atoms with E-state index >= 15 is 0 Å². The molecule has 5 atom stereocenters. The quantitative estimate of drug-likeness (QED) is 0.798. The van der Waals surface area contributed by atoms with E-state index in [4.69, 9.17) is 25.5 Å². The van der Waals surface area contributed by atoms with Gasteiger partial charge in [0.25, 0.3) is 0 Å². The van der Waals surface area contributed by atoms with Gasteiger partial charge in [-0.05, 0) is 26.7 Å². The summed E-state index contributed by atoms with van der Waals surface area (Å²) in [5, 5.41) is 9.92. The predicted molar refractivity (Wildman–Crippen MR) is 78.2 cm³/mol. The summed E-state index contributed by atoms with van der Waals surface area (Å²) >= 11 is 0. The number of hydrogen-bond acceptors (Lipinski definition) is 5. The molecule has 3 rings (SSSR count). The van der Waals surface area contributed by atoms with Crippen molar-refractivity contribution in [2.45, 2.75) is 75.3 Å². The van der Waals surface area contributed by atoms with Crippen LogP contribution in [0.5, 0.6) is 0 Å². The van der Waals surface area contributed by atoms with E-state index in [9.17, 15) is 5.11 Å². The van der Waals surface area contributed by atoms with Crippen LogP contribution in [0.25, 0.3) is 4.85 Å². The normalized spacial score (nSPS) is 43.7. The Morgan fingerprint density at radius 3 is 2.68 bits per heavy atom. The molecule has 3 aliphatic rings. The van der Waals surface area contributed by atoms with Gasteiger partial charge < -0.3 is 28.9 Å². The van der Waals surface area contributed by atoms with Gasteiger partial charge >= 0.3 is 0 Å². The van der Waals surface area contributed by atoms with Gasteiger partial charge in [-0.25, -0.2) is 6.57 Å². The fourth-order valence-corrected chi connectivity index (χ4v) is 3.77. The Kier molecular flexibility index (Phi) is 4.45. The summed E-state index contributed by atoms with van der Waals surface area (Å²) in [5.41, 5.74) is -0.647. The van der Waals surface area contributed by atoms with Crippen molar-refractivity contribution in [3.63, 3.8) is 0 Å². The van der Waals surface area contributed by atoms with E-state index in [-0.39, 0.29) is 31.0 Å². The van der Waals surface area contributed by atoms with Crippen molar-refractivity contribution in [1.29, 1.82) is 0 Å². The van der Waals surface area contributed by atoms with Gasteiger partial charge in [-0.15, -0.1) is 0 Å². The fourth-order valence-electron chi connectivity index (χ4n) is 3.77. The maximum Gasteiger partial charge on any atom is 0.217 e. The van der Waals surface area contributed by atoms with Gasteiger partial charge in [0.1, 0.15) is 11.7 Å². The van der Waals surface area contributed by atoms with Gasteiger partial charge in [0, 0.05) is 12.8 Å². The number of rotatable bonds is 4. The first-order valence-corrected chi connectivity index (χ1v) is 8.07. The highest BCUT2D eigenvalue weighted by Gasteiger charge is 2.56. The maximum absolute atomic E-state index is 9.92. The molecule has 6 heteroatoms. The summed E-state index contributed by atoms with van der Waals surface area (Å²) in [6, 6.07) is 0. The van der Waals surface area contributed by atoms with Crippen molar-refractivity contribution < 1.29 is 24.1 Å². The second-order valence-electron chi connectivity index (χ2n) is 6.94. The molecule has 2 unspecified atom stereocenters. The van der Waals surface area contributed by atoms with E-state index in [0.717, 1.165) is 19.3 Å². The molecule has 124 valence electrons. The Bertz CT molecular complexity index is 448.